The highest BCUT2D eigenvalue weighted by molar-refractivity contribution is 7.91. The molecule has 1 aliphatic heterocycles. The van der Waals surface area contributed by atoms with E-state index in [1.165, 1.54) is 0 Å². The predicted molar refractivity (Wildman–Crippen MR) is 40.1 cm³/mol. The van der Waals surface area contributed by atoms with Gasteiger partial charge < -0.3 is 9.84 Å². The van der Waals surface area contributed by atoms with Crippen LogP contribution >= 0.6 is 0 Å². The molecule has 0 unspecified atom stereocenters. The molecule has 0 bridgehead atoms. The molecule has 0 radical (unpaired) electrons. The molecule has 0 aromatic heterocycles. The van der Waals surface area contributed by atoms with E-state index < -0.39 is 22.0 Å². The van der Waals surface area contributed by atoms with E-state index in [4.69, 9.17) is 9.84 Å². The first kappa shape index (κ1) is 8.96. The Balaban J connectivity index is 2.59. The van der Waals surface area contributed by atoms with Gasteiger partial charge in [-0.2, -0.15) is 0 Å². The Hall–Kier alpha value is -0.130. The molecule has 1 aliphatic rings. The van der Waals surface area contributed by atoms with Crippen LogP contribution in [0.1, 0.15) is 6.92 Å². The lowest BCUT2D eigenvalue weighted by atomic mass is 10.3. The highest BCUT2D eigenvalue weighted by atomic mass is 32.2. The summed E-state index contributed by atoms with van der Waals surface area (Å²) < 4.78 is 26.8. The van der Waals surface area contributed by atoms with Crippen LogP contribution in [-0.4, -0.2) is 43.8 Å². The molecule has 0 aromatic carbocycles. The van der Waals surface area contributed by atoms with E-state index in [1.807, 2.05) is 0 Å². The first-order chi connectivity index (χ1) is 5.05. The van der Waals surface area contributed by atoms with Crippen LogP contribution in [-0.2, 0) is 14.6 Å². The van der Waals surface area contributed by atoms with Gasteiger partial charge in [-0.1, -0.05) is 0 Å². The third-order valence-corrected chi connectivity index (χ3v) is 3.34. The molecule has 0 amide bonds. The van der Waals surface area contributed by atoms with Gasteiger partial charge in [0.2, 0.25) is 0 Å². The first-order valence-corrected chi connectivity index (χ1v) is 5.37. The molecule has 1 heterocycles. The predicted octanol–water partition coefficient (Wildman–Crippen LogP) is -0.819. The maximum Gasteiger partial charge on any atom is 0.155 e. The molecule has 5 heteroatoms. The van der Waals surface area contributed by atoms with Crippen LogP contribution in [0, 0.1) is 0 Å². The summed E-state index contributed by atoms with van der Waals surface area (Å²) in [7, 11) is -3.04. The third kappa shape index (κ3) is 2.15. The normalized spacial score (nSPS) is 35.8. The lowest BCUT2D eigenvalue weighted by Crippen LogP contribution is -2.26. The van der Waals surface area contributed by atoms with Gasteiger partial charge in [0.15, 0.2) is 9.84 Å². The van der Waals surface area contributed by atoms with E-state index in [0.717, 1.165) is 0 Å². The number of ether oxygens (including phenoxy) is 1. The zero-order valence-corrected chi connectivity index (χ0v) is 7.17. The van der Waals surface area contributed by atoms with E-state index in [1.54, 1.807) is 6.92 Å². The minimum Gasteiger partial charge on any atom is -0.389 e. The Bertz CT molecular complexity index is 221. The standard InChI is InChI=1S/C6H12O4S/c1-2-10-6-4-11(8,9)3-5(6)7/h5-7H,2-4H2,1H3/t5-,6+/m0/s1. The maximum absolute atomic E-state index is 10.9. The van der Waals surface area contributed by atoms with Crippen molar-refractivity contribution >= 4 is 9.84 Å². The van der Waals surface area contributed by atoms with Crippen LogP contribution in [0.5, 0.6) is 0 Å². The fraction of sp³-hybridized carbons (Fsp3) is 1.00. The summed E-state index contributed by atoms with van der Waals surface area (Å²) in [5, 5.41) is 9.15. The van der Waals surface area contributed by atoms with Gasteiger partial charge in [0.1, 0.15) is 0 Å². The van der Waals surface area contributed by atoms with Gasteiger partial charge in [-0.05, 0) is 6.92 Å². The van der Waals surface area contributed by atoms with Gasteiger partial charge in [-0.15, -0.1) is 0 Å². The molecule has 11 heavy (non-hydrogen) atoms. The lowest BCUT2D eigenvalue weighted by molar-refractivity contribution is -0.00172. The molecule has 0 spiro atoms. The van der Waals surface area contributed by atoms with Crippen molar-refractivity contribution < 1.29 is 18.3 Å². The molecule has 66 valence electrons. The molecule has 0 aliphatic carbocycles. The van der Waals surface area contributed by atoms with E-state index in [-0.39, 0.29) is 11.5 Å². The minimum atomic E-state index is -3.04. The average molecular weight is 180 g/mol. The van der Waals surface area contributed by atoms with Crippen LogP contribution in [0.3, 0.4) is 0 Å². The fourth-order valence-electron chi connectivity index (χ4n) is 1.17. The second kappa shape index (κ2) is 3.08. The van der Waals surface area contributed by atoms with Crippen molar-refractivity contribution in [1.82, 2.24) is 0 Å². The fourth-order valence-corrected chi connectivity index (χ4v) is 2.86. The highest BCUT2D eigenvalue weighted by Crippen LogP contribution is 2.15. The van der Waals surface area contributed by atoms with Crippen LogP contribution in [0.25, 0.3) is 0 Å². The Labute approximate surface area is 66.1 Å². The second-order valence-electron chi connectivity index (χ2n) is 2.64. The third-order valence-electron chi connectivity index (χ3n) is 1.65. The summed E-state index contributed by atoms with van der Waals surface area (Å²) in [6, 6.07) is 0. The van der Waals surface area contributed by atoms with Gasteiger partial charge in [0.25, 0.3) is 0 Å². The van der Waals surface area contributed by atoms with E-state index in [2.05, 4.69) is 0 Å². The van der Waals surface area contributed by atoms with E-state index >= 15 is 0 Å². The average Bonchev–Trinajstić information content (AvgIpc) is 2.07. The number of sulfone groups is 1. The lowest BCUT2D eigenvalue weighted by Gasteiger charge is -2.11. The summed E-state index contributed by atoms with van der Waals surface area (Å²) in [6.45, 7) is 2.22. The number of aliphatic hydroxyl groups excluding tert-OH is 1. The molecule has 4 nitrogen and oxygen atoms in total. The second-order valence-corrected chi connectivity index (χ2v) is 4.79. The monoisotopic (exact) mass is 180 g/mol. The summed E-state index contributed by atoms with van der Waals surface area (Å²) >= 11 is 0. The number of aliphatic hydroxyl groups is 1. The molecule has 1 saturated heterocycles. The molecule has 1 rings (SSSR count). The Morgan fingerprint density at radius 3 is 2.55 bits per heavy atom. The van der Waals surface area contributed by atoms with Crippen molar-refractivity contribution in [3.8, 4) is 0 Å². The summed E-state index contributed by atoms with van der Waals surface area (Å²) in [5.74, 6) is -0.195. The summed E-state index contributed by atoms with van der Waals surface area (Å²) in [6.07, 6.45) is -1.34. The molecular weight excluding hydrogens is 168 g/mol. The van der Waals surface area contributed by atoms with Gasteiger partial charge in [-0.25, -0.2) is 8.42 Å². The Kier molecular flexibility index (Phi) is 2.51. The van der Waals surface area contributed by atoms with E-state index in [0.29, 0.717) is 6.61 Å². The van der Waals surface area contributed by atoms with E-state index in [9.17, 15) is 8.42 Å². The van der Waals surface area contributed by atoms with Gasteiger partial charge in [0, 0.05) is 6.61 Å². The number of hydrogen-bond donors (Lipinski definition) is 1. The Morgan fingerprint density at radius 1 is 1.55 bits per heavy atom. The van der Waals surface area contributed by atoms with Crippen molar-refractivity contribution in [1.29, 1.82) is 0 Å². The van der Waals surface area contributed by atoms with Crippen molar-refractivity contribution in [2.24, 2.45) is 0 Å². The van der Waals surface area contributed by atoms with Crippen molar-refractivity contribution in [2.45, 2.75) is 19.1 Å². The summed E-state index contributed by atoms with van der Waals surface area (Å²) in [5.41, 5.74) is 0. The molecule has 1 N–H and O–H groups in total. The molecular formula is C6H12O4S. The number of rotatable bonds is 2. The smallest absolute Gasteiger partial charge is 0.155 e. The van der Waals surface area contributed by atoms with Crippen LogP contribution in [0.4, 0.5) is 0 Å². The SMILES string of the molecule is CCO[C@@H]1CS(=O)(=O)C[C@@H]1O. The quantitative estimate of drug-likeness (QED) is 0.603. The molecule has 2 atom stereocenters. The van der Waals surface area contributed by atoms with Crippen molar-refractivity contribution in [3.05, 3.63) is 0 Å². The zero-order valence-electron chi connectivity index (χ0n) is 6.36. The molecule has 1 fully saturated rings. The minimum absolute atomic E-state index is 0.0397. The van der Waals surface area contributed by atoms with Crippen LogP contribution in [0.15, 0.2) is 0 Å². The zero-order chi connectivity index (χ0) is 8.48. The maximum atomic E-state index is 10.9. The van der Waals surface area contributed by atoms with Crippen molar-refractivity contribution in [2.75, 3.05) is 18.1 Å². The largest absolute Gasteiger partial charge is 0.389 e. The van der Waals surface area contributed by atoms with Gasteiger partial charge in [-0.3, -0.25) is 0 Å². The van der Waals surface area contributed by atoms with Gasteiger partial charge in [0.05, 0.1) is 23.7 Å². The van der Waals surface area contributed by atoms with Crippen LogP contribution < -0.4 is 0 Å². The molecule has 0 saturated carbocycles. The van der Waals surface area contributed by atoms with Crippen LogP contribution in [0.2, 0.25) is 0 Å². The van der Waals surface area contributed by atoms with Crippen molar-refractivity contribution in [3.63, 3.8) is 0 Å². The number of hydrogen-bond acceptors (Lipinski definition) is 4. The molecule has 0 aromatic rings. The van der Waals surface area contributed by atoms with Gasteiger partial charge >= 0.3 is 0 Å². The topological polar surface area (TPSA) is 63.6 Å². The first-order valence-electron chi connectivity index (χ1n) is 3.55. The Morgan fingerprint density at radius 2 is 2.18 bits per heavy atom. The summed E-state index contributed by atoms with van der Waals surface area (Å²) in [4.78, 5) is 0. The highest BCUT2D eigenvalue weighted by Gasteiger charge is 2.36.